The van der Waals surface area contributed by atoms with E-state index >= 15 is 0 Å². The normalized spacial score (nSPS) is 12.1. The number of nitrogens with one attached hydrogen (secondary N) is 3. The summed E-state index contributed by atoms with van der Waals surface area (Å²) in [5, 5.41) is 8.79. The molecule has 106 valence electrons. The number of hydrogen-bond acceptors (Lipinski definition) is 5. The number of aromatic nitrogens is 2. The predicted octanol–water partition coefficient (Wildman–Crippen LogP) is 1.85. The van der Waals surface area contributed by atoms with Gasteiger partial charge in [-0.2, -0.15) is 4.98 Å². The Morgan fingerprint density at radius 2 is 2.11 bits per heavy atom. The lowest BCUT2D eigenvalue weighted by Crippen LogP contribution is -2.39. The summed E-state index contributed by atoms with van der Waals surface area (Å²) in [6.07, 6.45) is 1.64. The van der Waals surface area contributed by atoms with Crippen molar-refractivity contribution in [3.05, 3.63) is 10.7 Å². The number of carbonyl (C=O) groups is 1. The molecule has 0 spiro atoms. The summed E-state index contributed by atoms with van der Waals surface area (Å²) in [5.74, 6) is 1.47. The Balaban J connectivity index is 2.65. The minimum Gasteiger partial charge on any atom is -0.358 e. The molecule has 6 nitrogen and oxygen atoms in total. The second-order valence-corrected chi connectivity index (χ2v) is 5.50. The van der Waals surface area contributed by atoms with E-state index in [-0.39, 0.29) is 11.9 Å². The first-order valence-electron chi connectivity index (χ1n) is 6.18. The van der Waals surface area contributed by atoms with Crippen molar-refractivity contribution in [2.75, 3.05) is 24.2 Å². The SMILES string of the molecule is CNc1ncc(Br)c(NC(C)C(=O)NCC(C)C)n1. The summed E-state index contributed by atoms with van der Waals surface area (Å²) in [4.78, 5) is 20.2. The lowest BCUT2D eigenvalue weighted by molar-refractivity contribution is -0.121. The molecule has 1 unspecified atom stereocenters. The molecule has 1 heterocycles. The van der Waals surface area contributed by atoms with Crippen LogP contribution in [0.2, 0.25) is 0 Å². The molecule has 19 heavy (non-hydrogen) atoms. The minimum atomic E-state index is -0.366. The van der Waals surface area contributed by atoms with E-state index in [9.17, 15) is 4.79 Å². The van der Waals surface area contributed by atoms with Gasteiger partial charge in [0.25, 0.3) is 0 Å². The first-order valence-corrected chi connectivity index (χ1v) is 6.98. The van der Waals surface area contributed by atoms with Gasteiger partial charge >= 0.3 is 0 Å². The van der Waals surface area contributed by atoms with E-state index in [1.807, 2.05) is 0 Å². The maximum absolute atomic E-state index is 11.9. The third kappa shape index (κ3) is 5.02. The molecule has 0 aliphatic rings. The van der Waals surface area contributed by atoms with Crippen LogP contribution >= 0.6 is 15.9 Å². The van der Waals surface area contributed by atoms with Crippen molar-refractivity contribution in [2.45, 2.75) is 26.8 Å². The zero-order valence-corrected chi connectivity index (χ0v) is 13.2. The fourth-order valence-corrected chi connectivity index (χ4v) is 1.62. The Bertz CT molecular complexity index is 438. The molecule has 0 fully saturated rings. The highest BCUT2D eigenvalue weighted by molar-refractivity contribution is 9.10. The second-order valence-electron chi connectivity index (χ2n) is 4.65. The van der Waals surface area contributed by atoms with Crippen LogP contribution in [-0.4, -0.2) is 35.5 Å². The van der Waals surface area contributed by atoms with Crippen LogP contribution < -0.4 is 16.0 Å². The number of anilines is 2. The van der Waals surface area contributed by atoms with Gasteiger partial charge in [-0.15, -0.1) is 0 Å². The third-order valence-corrected chi connectivity index (χ3v) is 2.98. The smallest absolute Gasteiger partial charge is 0.242 e. The molecule has 1 atom stereocenters. The van der Waals surface area contributed by atoms with E-state index in [0.717, 1.165) is 4.47 Å². The van der Waals surface area contributed by atoms with Crippen LogP contribution in [0.3, 0.4) is 0 Å². The number of halogens is 1. The van der Waals surface area contributed by atoms with Gasteiger partial charge in [0, 0.05) is 19.8 Å². The fraction of sp³-hybridized carbons (Fsp3) is 0.583. The topological polar surface area (TPSA) is 78.9 Å². The van der Waals surface area contributed by atoms with Crippen LogP contribution in [0.25, 0.3) is 0 Å². The van der Waals surface area contributed by atoms with E-state index in [4.69, 9.17) is 0 Å². The van der Waals surface area contributed by atoms with Crippen molar-refractivity contribution in [1.82, 2.24) is 15.3 Å². The van der Waals surface area contributed by atoms with Gasteiger partial charge in [0.15, 0.2) is 0 Å². The molecule has 1 aromatic rings. The molecule has 0 radical (unpaired) electrons. The summed E-state index contributed by atoms with van der Waals surface area (Å²) in [6.45, 7) is 6.57. The van der Waals surface area contributed by atoms with Crippen LogP contribution in [0.4, 0.5) is 11.8 Å². The van der Waals surface area contributed by atoms with Crippen molar-refractivity contribution >= 4 is 33.6 Å². The summed E-state index contributed by atoms with van der Waals surface area (Å²) in [6, 6.07) is -0.366. The predicted molar refractivity (Wildman–Crippen MR) is 80.2 cm³/mol. The number of nitrogens with zero attached hydrogens (tertiary/aromatic N) is 2. The number of amides is 1. The van der Waals surface area contributed by atoms with E-state index in [1.54, 1.807) is 20.2 Å². The Hall–Kier alpha value is -1.37. The lowest BCUT2D eigenvalue weighted by Gasteiger charge is -2.16. The van der Waals surface area contributed by atoms with E-state index < -0.39 is 0 Å². The zero-order valence-electron chi connectivity index (χ0n) is 11.6. The average molecular weight is 330 g/mol. The van der Waals surface area contributed by atoms with Crippen molar-refractivity contribution in [1.29, 1.82) is 0 Å². The van der Waals surface area contributed by atoms with E-state index in [1.165, 1.54) is 0 Å². The first-order chi connectivity index (χ1) is 8.93. The molecule has 0 aliphatic carbocycles. The van der Waals surface area contributed by atoms with Crippen LogP contribution in [0.15, 0.2) is 10.7 Å². The zero-order chi connectivity index (χ0) is 14.4. The minimum absolute atomic E-state index is 0.0507. The first kappa shape index (κ1) is 15.7. The van der Waals surface area contributed by atoms with Gasteiger partial charge in [0.1, 0.15) is 11.9 Å². The molecular formula is C12H20BrN5O. The Labute approximate surface area is 121 Å². The van der Waals surface area contributed by atoms with Crippen molar-refractivity contribution in [3.8, 4) is 0 Å². The number of hydrogen-bond donors (Lipinski definition) is 3. The molecule has 1 aromatic heterocycles. The number of rotatable bonds is 6. The number of carbonyl (C=O) groups excluding carboxylic acids is 1. The van der Waals surface area contributed by atoms with Crippen LogP contribution in [0.5, 0.6) is 0 Å². The molecule has 7 heteroatoms. The van der Waals surface area contributed by atoms with Crippen LogP contribution in [0.1, 0.15) is 20.8 Å². The molecule has 1 amide bonds. The van der Waals surface area contributed by atoms with Gasteiger partial charge in [-0.25, -0.2) is 4.98 Å². The third-order valence-electron chi connectivity index (χ3n) is 2.40. The van der Waals surface area contributed by atoms with Crippen molar-refractivity contribution in [3.63, 3.8) is 0 Å². The fourth-order valence-electron chi connectivity index (χ4n) is 1.32. The van der Waals surface area contributed by atoms with Crippen molar-refractivity contribution < 1.29 is 4.79 Å². The van der Waals surface area contributed by atoms with Gasteiger partial charge in [-0.3, -0.25) is 4.79 Å². The molecule has 0 saturated heterocycles. The highest BCUT2D eigenvalue weighted by atomic mass is 79.9. The van der Waals surface area contributed by atoms with Gasteiger partial charge in [-0.1, -0.05) is 13.8 Å². The Kier molecular flexibility index (Phi) is 6.01. The maximum Gasteiger partial charge on any atom is 0.242 e. The highest BCUT2D eigenvalue weighted by Crippen LogP contribution is 2.20. The van der Waals surface area contributed by atoms with Crippen LogP contribution in [-0.2, 0) is 4.79 Å². The highest BCUT2D eigenvalue weighted by Gasteiger charge is 2.15. The molecule has 1 rings (SSSR count). The van der Waals surface area contributed by atoms with Crippen molar-refractivity contribution in [2.24, 2.45) is 5.92 Å². The largest absolute Gasteiger partial charge is 0.358 e. The van der Waals surface area contributed by atoms with Crippen LogP contribution in [0, 0.1) is 5.92 Å². The Morgan fingerprint density at radius 3 is 2.68 bits per heavy atom. The van der Waals surface area contributed by atoms with Gasteiger partial charge < -0.3 is 16.0 Å². The second kappa shape index (κ2) is 7.28. The van der Waals surface area contributed by atoms with Gasteiger partial charge in [0.2, 0.25) is 11.9 Å². The Morgan fingerprint density at radius 1 is 1.42 bits per heavy atom. The van der Waals surface area contributed by atoms with E-state index in [0.29, 0.717) is 24.2 Å². The summed E-state index contributed by atoms with van der Waals surface area (Å²) in [7, 11) is 1.74. The average Bonchev–Trinajstić information content (AvgIpc) is 2.38. The van der Waals surface area contributed by atoms with Gasteiger partial charge in [-0.05, 0) is 28.8 Å². The van der Waals surface area contributed by atoms with Gasteiger partial charge in [0.05, 0.1) is 4.47 Å². The monoisotopic (exact) mass is 329 g/mol. The quantitative estimate of drug-likeness (QED) is 0.742. The standard InChI is InChI=1S/C12H20BrN5O/c1-7(2)5-15-11(19)8(3)17-10-9(13)6-16-12(14-4)18-10/h6-8H,5H2,1-4H3,(H,15,19)(H2,14,16,17,18). The molecule has 3 N–H and O–H groups in total. The van der Waals surface area contributed by atoms with E-state index in [2.05, 4.69) is 55.7 Å². The summed E-state index contributed by atoms with van der Waals surface area (Å²) in [5.41, 5.74) is 0. The lowest BCUT2D eigenvalue weighted by atomic mass is 10.2. The molecule has 0 bridgehead atoms. The summed E-state index contributed by atoms with van der Waals surface area (Å²) < 4.78 is 0.718. The molecule has 0 saturated carbocycles. The summed E-state index contributed by atoms with van der Waals surface area (Å²) >= 11 is 3.35. The molecule has 0 aliphatic heterocycles. The maximum atomic E-state index is 11.9. The molecule has 0 aromatic carbocycles. The molecular weight excluding hydrogens is 310 g/mol.